The normalized spacial score (nSPS) is 13.9. The second-order valence-electron chi connectivity index (χ2n) is 20.6. The average molecular weight is 1110 g/mol. The lowest BCUT2D eigenvalue weighted by Crippen LogP contribution is -2.50. The van der Waals surface area contributed by atoms with E-state index in [4.69, 9.17) is 19.9 Å². The van der Waals surface area contributed by atoms with E-state index in [1.165, 1.54) is 6.08 Å². The van der Waals surface area contributed by atoms with Gasteiger partial charge in [0.2, 0.25) is 11.9 Å². The molecule has 0 spiro atoms. The number of thioether (sulfide) groups is 1. The van der Waals surface area contributed by atoms with Gasteiger partial charge < -0.3 is 30.2 Å². The Labute approximate surface area is 473 Å². The molecule has 0 bridgehead atoms. The standard InChI is InChI=1S/C65H67N5O8S2/c1-7-39-76-61(72)46-33-35-50(36-34-46)70(38-40-79-65(47-22-11-8-12-23-47,48-24-13-9-14-25-48)49-26-15-10-16-27-49)60(71)57(68-63(73)77-42-56-53-30-19-17-28-51(53)52-29-18-20-31-54(52)56)32-21-37-67-62(66)69-80(74,75)59-44(3)43(2)58-55(45(59)4)41-64(5,6)78-58/h7-20,22-31,33-36,56-57H,1,21,32,37-42H2,2-6H3,(H,68,73)(H3,66,67,69)/t57-/m0/s1. The Morgan fingerprint density at radius 2 is 1.34 bits per heavy atom. The number of nitrogens with zero attached hydrogens (tertiary/aromatic N) is 2. The number of aliphatic imine (C=N–C) groups is 1. The monoisotopic (exact) mass is 1110 g/mol. The van der Waals surface area contributed by atoms with Crippen LogP contribution < -0.4 is 25.4 Å². The molecule has 4 N–H and O–H groups in total. The Bertz CT molecular complexity index is 3400. The van der Waals surface area contributed by atoms with Crippen LogP contribution in [0.2, 0.25) is 0 Å². The number of nitrogens with one attached hydrogen (secondary N) is 2. The Hall–Kier alpha value is -8.14. The highest BCUT2D eigenvalue weighted by Gasteiger charge is 2.39. The van der Waals surface area contributed by atoms with Crippen molar-refractivity contribution in [3.05, 3.63) is 232 Å². The fourth-order valence-corrected chi connectivity index (χ4v) is 14.0. The molecule has 2 aliphatic rings. The van der Waals surface area contributed by atoms with Gasteiger partial charge in [0.05, 0.1) is 15.2 Å². The van der Waals surface area contributed by atoms with Crippen LogP contribution in [0, 0.1) is 20.8 Å². The lowest BCUT2D eigenvalue weighted by atomic mass is 9.84. The summed E-state index contributed by atoms with van der Waals surface area (Å²) in [5.41, 5.74) is 16.7. The third kappa shape index (κ3) is 12.0. The van der Waals surface area contributed by atoms with Crippen LogP contribution in [0.4, 0.5) is 10.5 Å². The summed E-state index contributed by atoms with van der Waals surface area (Å²) in [5, 5.41) is 2.92. The average Bonchev–Trinajstić information content (AvgIpc) is 4.00. The zero-order chi connectivity index (χ0) is 56.6. The first-order valence-corrected chi connectivity index (χ1v) is 29.3. The number of ether oxygens (including phenoxy) is 3. The van der Waals surface area contributed by atoms with Gasteiger partial charge in [-0.25, -0.2) is 22.7 Å². The molecule has 1 heterocycles. The summed E-state index contributed by atoms with van der Waals surface area (Å²) in [5.74, 6) is -0.449. The van der Waals surface area contributed by atoms with Crippen LogP contribution in [-0.4, -0.2) is 76.0 Å². The van der Waals surface area contributed by atoms with Gasteiger partial charge in [0, 0.05) is 42.4 Å². The largest absolute Gasteiger partial charge is 0.487 e. The van der Waals surface area contributed by atoms with E-state index in [-0.39, 0.29) is 61.5 Å². The molecule has 1 aliphatic heterocycles. The number of fused-ring (bicyclic) bond motifs is 4. The Morgan fingerprint density at radius 3 is 1.90 bits per heavy atom. The van der Waals surface area contributed by atoms with E-state index in [1.807, 2.05) is 112 Å². The first-order chi connectivity index (χ1) is 38.5. The van der Waals surface area contributed by atoms with Crippen LogP contribution in [0.25, 0.3) is 11.1 Å². The molecule has 80 heavy (non-hydrogen) atoms. The minimum atomic E-state index is -4.19. The first-order valence-electron chi connectivity index (χ1n) is 26.8. The topological polar surface area (TPSA) is 179 Å². The molecular formula is C65H67N5O8S2. The molecule has 0 aromatic heterocycles. The summed E-state index contributed by atoms with van der Waals surface area (Å²) in [4.78, 5) is 49.0. The van der Waals surface area contributed by atoms with Crippen molar-refractivity contribution in [2.45, 2.75) is 81.1 Å². The number of sulfonamides is 1. The number of benzene rings is 7. The van der Waals surface area contributed by atoms with Gasteiger partial charge in [-0.15, -0.1) is 11.8 Å². The van der Waals surface area contributed by atoms with E-state index in [0.29, 0.717) is 34.7 Å². The fourth-order valence-electron chi connectivity index (χ4n) is 11.0. The van der Waals surface area contributed by atoms with Gasteiger partial charge in [0.25, 0.3) is 10.0 Å². The molecule has 1 aliphatic carbocycles. The molecule has 0 radical (unpaired) electrons. The third-order valence-electron chi connectivity index (χ3n) is 14.9. The predicted molar refractivity (Wildman–Crippen MR) is 318 cm³/mol. The maximum atomic E-state index is 15.6. The SMILES string of the molecule is C=CCOC(=O)c1ccc(N(CCSC(c2ccccc2)(c2ccccc2)c2ccccc2)C(=O)[C@H](CCCN=C(N)NS(=O)(=O)c2c(C)c(C)c3c(c2C)CC(C)(C)O3)NC(=O)OCC2c3ccccc3-c3ccccc32)cc1. The molecule has 0 unspecified atom stereocenters. The minimum absolute atomic E-state index is 0.00116. The van der Waals surface area contributed by atoms with Gasteiger partial charge in [-0.1, -0.05) is 152 Å². The van der Waals surface area contributed by atoms with Gasteiger partial charge in [0.1, 0.15) is 30.6 Å². The summed E-state index contributed by atoms with van der Waals surface area (Å²) in [6, 6.07) is 52.3. The highest BCUT2D eigenvalue weighted by atomic mass is 32.2. The van der Waals surface area contributed by atoms with Gasteiger partial charge >= 0.3 is 12.1 Å². The summed E-state index contributed by atoms with van der Waals surface area (Å²) < 4.78 is 47.6. The van der Waals surface area contributed by atoms with Gasteiger partial charge in [-0.2, -0.15) is 0 Å². The van der Waals surface area contributed by atoms with Crippen LogP contribution in [0.1, 0.15) is 93.0 Å². The molecule has 13 nitrogen and oxygen atoms in total. The molecule has 0 saturated heterocycles. The number of amides is 2. The molecule has 15 heteroatoms. The van der Waals surface area contributed by atoms with Gasteiger partial charge in [-0.05, 0) is 127 Å². The second kappa shape index (κ2) is 24.5. The Morgan fingerprint density at radius 1 is 0.787 bits per heavy atom. The molecule has 2 amide bonds. The summed E-state index contributed by atoms with van der Waals surface area (Å²) in [7, 11) is -4.19. The lowest BCUT2D eigenvalue weighted by molar-refractivity contribution is -0.120. The Kier molecular flexibility index (Phi) is 17.3. The van der Waals surface area contributed by atoms with Crippen molar-refractivity contribution in [2.24, 2.45) is 10.7 Å². The van der Waals surface area contributed by atoms with Crippen molar-refractivity contribution < 1.29 is 37.0 Å². The van der Waals surface area contributed by atoms with E-state index in [0.717, 1.165) is 50.1 Å². The number of carbonyl (C=O) groups excluding carboxylic acids is 3. The van der Waals surface area contributed by atoms with E-state index < -0.39 is 44.4 Å². The first kappa shape index (κ1) is 56.6. The fraction of sp³-hybridized carbons (Fsp3) is 0.262. The highest BCUT2D eigenvalue weighted by Crippen LogP contribution is 2.49. The number of carbonyl (C=O) groups is 3. The van der Waals surface area contributed by atoms with Crippen LogP contribution in [0.3, 0.4) is 0 Å². The summed E-state index contributed by atoms with van der Waals surface area (Å²) in [6.07, 6.45) is 1.49. The lowest BCUT2D eigenvalue weighted by Gasteiger charge is -2.36. The number of hydrogen-bond acceptors (Lipinski definition) is 10. The van der Waals surface area contributed by atoms with Crippen molar-refractivity contribution in [1.29, 1.82) is 0 Å². The number of esters is 1. The van der Waals surface area contributed by atoms with Crippen molar-refractivity contribution in [3.8, 4) is 16.9 Å². The number of rotatable bonds is 21. The zero-order valence-corrected chi connectivity index (χ0v) is 47.4. The zero-order valence-electron chi connectivity index (χ0n) is 45.7. The van der Waals surface area contributed by atoms with Gasteiger partial charge in [-0.3, -0.25) is 9.79 Å². The summed E-state index contributed by atoms with van der Waals surface area (Å²) in [6.45, 7) is 13.2. The minimum Gasteiger partial charge on any atom is -0.487 e. The van der Waals surface area contributed by atoms with E-state index in [1.54, 1.807) is 54.8 Å². The maximum Gasteiger partial charge on any atom is 0.407 e. The van der Waals surface area contributed by atoms with E-state index in [2.05, 4.69) is 70.1 Å². The molecular weight excluding hydrogens is 1040 g/mol. The van der Waals surface area contributed by atoms with Crippen molar-refractivity contribution in [3.63, 3.8) is 0 Å². The van der Waals surface area contributed by atoms with E-state index >= 15 is 4.79 Å². The second-order valence-corrected chi connectivity index (χ2v) is 23.6. The van der Waals surface area contributed by atoms with Crippen molar-refractivity contribution in [1.82, 2.24) is 10.0 Å². The van der Waals surface area contributed by atoms with Crippen molar-refractivity contribution in [2.75, 3.05) is 37.0 Å². The predicted octanol–water partition coefficient (Wildman–Crippen LogP) is 11.7. The maximum absolute atomic E-state index is 15.6. The molecule has 9 rings (SSSR count). The highest BCUT2D eigenvalue weighted by molar-refractivity contribution is 8.00. The number of guanidine groups is 1. The molecule has 412 valence electrons. The smallest absolute Gasteiger partial charge is 0.407 e. The molecule has 7 aromatic carbocycles. The van der Waals surface area contributed by atoms with Crippen LogP contribution in [-0.2, 0) is 35.5 Å². The van der Waals surface area contributed by atoms with Gasteiger partial charge in [0.15, 0.2) is 0 Å². The van der Waals surface area contributed by atoms with Crippen LogP contribution in [0.5, 0.6) is 5.75 Å². The summed E-state index contributed by atoms with van der Waals surface area (Å²) >= 11 is 1.67. The van der Waals surface area contributed by atoms with Crippen LogP contribution >= 0.6 is 11.8 Å². The number of anilines is 1. The molecule has 0 saturated carbocycles. The quantitative estimate of drug-likeness (QED) is 0.0157. The molecule has 7 aromatic rings. The number of nitrogens with two attached hydrogens (primary N) is 1. The van der Waals surface area contributed by atoms with Crippen LogP contribution in [0.15, 0.2) is 186 Å². The third-order valence-corrected chi connectivity index (χ3v) is 18.0. The molecule has 1 atom stereocenters. The number of hydrogen-bond donors (Lipinski definition) is 3. The molecule has 0 fully saturated rings. The van der Waals surface area contributed by atoms with Crippen molar-refractivity contribution >= 4 is 51.4 Å². The number of alkyl carbamates (subject to hydrolysis) is 1. The van der Waals surface area contributed by atoms with E-state index in [9.17, 15) is 18.0 Å². The Balaban J connectivity index is 1.01.